The van der Waals surface area contributed by atoms with Crippen molar-refractivity contribution < 1.29 is 9.47 Å². The Morgan fingerprint density at radius 1 is 1.03 bits per heavy atom. The lowest BCUT2D eigenvalue weighted by Crippen LogP contribution is -2.37. The molecule has 1 aliphatic heterocycles. The van der Waals surface area contributed by atoms with E-state index in [1.165, 1.54) is 22.3 Å². The van der Waals surface area contributed by atoms with E-state index in [4.69, 9.17) is 9.47 Å². The summed E-state index contributed by atoms with van der Waals surface area (Å²) in [7, 11) is 0. The minimum Gasteiger partial charge on any atom is -0.490 e. The second-order valence-electron chi connectivity index (χ2n) is 10.1. The Balaban J connectivity index is 1.14. The van der Waals surface area contributed by atoms with Crippen LogP contribution in [-0.4, -0.2) is 22.3 Å². The van der Waals surface area contributed by atoms with Gasteiger partial charge in [0.15, 0.2) is 0 Å². The van der Waals surface area contributed by atoms with Crippen molar-refractivity contribution in [2.24, 2.45) is 0 Å². The van der Waals surface area contributed by atoms with Gasteiger partial charge in [-0.1, -0.05) is 24.3 Å². The molecule has 0 amide bonds. The average molecular weight is 460 g/mol. The van der Waals surface area contributed by atoms with Crippen LogP contribution >= 0.6 is 0 Å². The number of nitrogens with zero attached hydrogens (tertiary/aromatic N) is 1. The first-order valence-electron chi connectivity index (χ1n) is 12.8. The van der Waals surface area contributed by atoms with Crippen molar-refractivity contribution >= 4 is 0 Å². The Hall–Kier alpha value is -2.79. The predicted molar refractivity (Wildman–Crippen MR) is 136 cm³/mol. The van der Waals surface area contributed by atoms with Crippen molar-refractivity contribution in [3.8, 4) is 11.5 Å². The Labute approximate surface area is 203 Å². The molecule has 5 nitrogen and oxygen atoms in total. The highest BCUT2D eigenvalue weighted by molar-refractivity contribution is 5.43. The van der Waals surface area contributed by atoms with E-state index < -0.39 is 0 Å². The lowest BCUT2D eigenvalue weighted by molar-refractivity contribution is 0.135. The molecule has 0 bridgehead atoms. The molecule has 0 spiro atoms. The molecule has 1 fully saturated rings. The van der Waals surface area contributed by atoms with Crippen molar-refractivity contribution in [1.29, 1.82) is 0 Å². The lowest BCUT2D eigenvalue weighted by atomic mass is 9.91. The summed E-state index contributed by atoms with van der Waals surface area (Å²) in [5.74, 6) is 1.98. The minimum atomic E-state index is 0.139. The summed E-state index contributed by atoms with van der Waals surface area (Å²) in [5.41, 5.74) is 7.42. The molecule has 2 atom stereocenters. The molecular weight excluding hydrogens is 422 g/mol. The Morgan fingerprint density at radius 2 is 1.82 bits per heavy atom. The zero-order valence-corrected chi connectivity index (χ0v) is 20.9. The van der Waals surface area contributed by atoms with Crippen LogP contribution in [0.2, 0.25) is 0 Å². The van der Waals surface area contributed by atoms with Crippen LogP contribution in [0.5, 0.6) is 11.5 Å². The van der Waals surface area contributed by atoms with E-state index in [9.17, 15) is 0 Å². The average Bonchev–Trinajstić information content (AvgIpc) is 3.18. The fourth-order valence-electron chi connectivity index (χ4n) is 5.78. The maximum absolute atomic E-state index is 6.42. The molecule has 5 heteroatoms. The predicted octanol–water partition coefficient (Wildman–Crippen LogP) is 6.44. The number of aromatic nitrogens is 2. The third-order valence-electron chi connectivity index (χ3n) is 7.59. The highest BCUT2D eigenvalue weighted by atomic mass is 16.5. The summed E-state index contributed by atoms with van der Waals surface area (Å²) < 4.78 is 12.8. The van der Waals surface area contributed by atoms with Crippen LogP contribution in [0.15, 0.2) is 42.5 Å². The highest BCUT2D eigenvalue weighted by Crippen LogP contribution is 2.38. The van der Waals surface area contributed by atoms with E-state index in [0.717, 1.165) is 61.4 Å². The normalized spacial score (nSPS) is 23.1. The molecule has 5 rings (SSSR count). The van der Waals surface area contributed by atoms with Crippen molar-refractivity contribution in [2.45, 2.75) is 90.5 Å². The molecule has 2 N–H and O–H groups in total. The van der Waals surface area contributed by atoms with E-state index in [2.05, 4.69) is 85.7 Å². The molecule has 2 aliphatic rings. The van der Waals surface area contributed by atoms with Gasteiger partial charge in [-0.2, -0.15) is 5.10 Å². The summed E-state index contributed by atoms with van der Waals surface area (Å²) in [4.78, 5) is 0. The summed E-state index contributed by atoms with van der Waals surface area (Å²) in [5, 5.41) is 11.3. The quantitative estimate of drug-likeness (QED) is 0.445. The van der Waals surface area contributed by atoms with Gasteiger partial charge in [0.1, 0.15) is 17.6 Å². The monoisotopic (exact) mass is 459 g/mol. The van der Waals surface area contributed by atoms with E-state index in [0.29, 0.717) is 12.1 Å². The summed E-state index contributed by atoms with van der Waals surface area (Å²) in [6, 6.07) is 15.7. The molecule has 1 aromatic heterocycles. The molecular formula is C29H37N3O2. The van der Waals surface area contributed by atoms with Crippen LogP contribution < -0.4 is 14.8 Å². The Bertz CT molecular complexity index is 1110. The number of fused-ring (bicyclic) bond motifs is 1. The topological polar surface area (TPSA) is 59.2 Å². The van der Waals surface area contributed by atoms with E-state index in [1.54, 1.807) is 0 Å². The fourth-order valence-corrected chi connectivity index (χ4v) is 5.78. The molecule has 1 saturated carbocycles. The summed E-state index contributed by atoms with van der Waals surface area (Å²) in [6.07, 6.45) is 6.88. The van der Waals surface area contributed by atoms with E-state index in [-0.39, 0.29) is 12.2 Å². The van der Waals surface area contributed by atoms with E-state index >= 15 is 0 Å². The van der Waals surface area contributed by atoms with Crippen LogP contribution in [0.25, 0.3) is 0 Å². The number of aromatic amines is 1. The Kier molecular flexibility index (Phi) is 6.64. The lowest BCUT2D eigenvalue weighted by Gasteiger charge is -2.32. The van der Waals surface area contributed by atoms with E-state index in [1.807, 2.05) is 0 Å². The first-order chi connectivity index (χ1) is 16.5. The second-order valence-corrected chi connectivity index (χ2v) is 10.1. The van der Waals surface area contributed by atoms with Crippen molar-refractivity contribution in [3.05, 3.63) is 76.1 Å². The molecule has 34 heavy (non-hydrogen) atoms. The maximum Gasteiger partial charge on any atom is 0.124 e. The molecule has 3 aromatic rings. The molecule has 0 radical (unpaired) electrons. The smallest absolute Gasteiger partial charge is 0.124 e. The van der Waals surface area contributed by atoms with Gasteiger partial charge in [-0.15, -0.1) is 0 Å². The largest absolute Gasteiger partial charge is 0.490 e. The zero-order valence-electron chi connectivity index (χ0n) is 20.9. The van der Waals surface area contributed by atoms with Gasteiger partial charge >= 0.3 is 0 Å². The number of benzene rings is 2. The highest BCUT2D eigenvalue weighted by Gasteiger charge is 2.26. The first-order valence-corrected chi connectivity index (χ1v) is 12.8. The van der Waals surface area contributed by atoms with Gasteiger partial charge in [-0.05, 0) is 101 Å². The third kappa shape index (κ3) is 4.85. The zero-order chi connectivity index (χ0) is 23.7. The van der Waals surface area contributed by atoms with Gasteiger partial charge in [-0.25, -0.2) is 0 Å². The second kappa shape index (κ2) is 9.83. The Morgan fingerprint density at radius 3 is 2.56 bits per heavy atom. The van der Waals surface area contributed by atoms with Crippen molar-refractivity contribution in [3.63, 3.8) is 0 Å². The molecule has 2 heterocycles. The number of H-pyrrole nitrogens is 1. The number of aryl methyl sites for hydroxylation is 4. The molecule has 1 aliphatic carbocycles. The minimum absolute atomic E-state index is 0.139. The number of hydrogen-bond donors (Lipinski definition) is 2. The number of ether oxygens (including phenoxy) is 2. The third-order valence-corrected chi connectivity index (χ3v) is 7.59. The van der Waals surface area contributed by atoms with Gasteiger partial charge in [0.25, 0.3) is 0 Å². The maximum atomic E-state index is 6.42. The van der Waals surface area contributed by atoms with Gasteiger partial charge in [0, 0.05) is 23.3 Å². The van der Waals surface area contributed by atoms with Gasteiger partial charge in [0.2, 0.25) is 0 Å². The van der Waals surface area contributed by atoms with Crippen LogP contribution in [0.4, 0.5) is 0 Å². The van der Waals surface area contributed by atoms with Gasteiger partial charge in [-0.3, -0.25) is 5.10 Å². The fraction of sp³-hybridized carbons (Fsp3) is 0.483. The van der Waals surface area contributed by atoms with Gasteiger partial charge in [0.05, 0.1) is 11.8 Å². The molecule has 180 valence electrons. The molecule has 0 saturated heterocycles. The van der Waals surface area contributed by atoms with Crippen LogP contribution in [0, 0.1) is 20.8 Å². The number of nitrogens with one attached hydrogen (secondary N) is 2. The van der Waals surface area contributed by atoms with Crippen LogP contribution in [0.3, 0.4) is 0 Å². The molecule has 2 unspecified atom stereocenters. The van der Waals surface area contributed by atoms with Crippen LogP contribution in [-0.2, 0) is 6.42 Å². The summed E-state index contributed by atoms with van der Waals surface area (Å²) in [6.45, 7) is 8.58. The van der Waals surface area contributed by atoms with Crippen molar-refractivity contribution in [1.82, 2.24) is 15.5 Å². The summed E-state index contributed by atoms with van der Waals surface area (Å²) >= 11 is 0. The number of hydrogen-bond acceptors (Lipinski definition) is 4. The van der Waals surface area contributed by atoms with Crippen molar-refractivity contribution in [2.75, 3.05) is 0 Å². The SMILES string of the molecule is Cc1ccccc1C1CCc2cc(OC3CCC(NC(C)c4c(C)n[nH]c4C)CC3)ccc2O1. The molecule has 2 aromatic carbocycles. The number of rotatable bonds is 6. The van der Waals surface area contributed by atoms with Gasteiger partial charge < -0.3 is 14.8 Å². The first kappa shape index (κ1) is 23.0. The van der Waals surface area contributed by atoms with Crippen LogP contribution in [0.1, 0.15) is 84.8 Å². The standard InChI is InChI=1S/C29H37N3O2/c1-18-7-5-6-8-26(18)28-15-9-22-17-25(14-16-27(22)34-28)33-24-12-10-23(11-13-24)30-19(2)29-20(3)31-32-21(29)4/h5-8,14,16-17,19,23-24,28,30H,9-13,15H2,1-4H3,(H,31,32).